The van der Waals surface area contributed by atoms with Crippen LogP contribution in [0.3, 0.4) is 0 Å². The first-order valence-corrected chi connectivity index (χ1v) is 4.73. The van der Waals surface area contributed by atoms with Gasteiger partial charge in [0.1, 0.15) is 0 Å². The van der Waals surface area contributed by atoms with Gasteiger partial charge in [0.15, 0.2) is 0 Å². The highest BCUT2D eigenvalue weighted by atomic mass is 14.9. The van der Waals surface area contributed by atoms with Crippen molar-refractivity contribution in [1.82, 2.24) is 10.3 Å². The summed E-state index contributed by atoms with van der Waals surface area (Å²) in [6.07, 6.45) is 5.95. The third kappa shape index (κ3) is 4.60. The molecule has 1 rings (SSSR count). The molecule has 0 saturated carbocycles. The average Bonchev–Trinajstić information content (AvgIpc) is 2.19. The van der Waals surface area contributed by atoms with E-state index in [1.807, 2.05) is 12.3 Å². The SMILES string of the molecule is NCCNCCCc1cccnc1. The van der Waals surface area contributed by atoms with Gasteiger partial charge < -0.3 is 11.1 Å². The first-order valence-electron chi connectivity index (χ1n) is 4.73. The summed E-state index contributed by atoms with van der Waals surface area (Å²) in [6, 6.07) is 4.08. The zero-order valence-electron chi connectivity index (χ0n) is 7.87. The predicted molar refractivity (Wildman–Crippen MR) is 54.5 cm³/mol. The minimum absolute atomic E-state index is 0.715. The lowest BCUT2D eigenvalue weighted by molar-refractivity contribution is 0.653. The van der Waals surface area contributed by atoms with Crippen LogP contribution < -0.4 is 11.1 Å². The third-order valence-electron chi connectivity index (χ3n) is 1.86. The Morgan fingerprint density at radius 3 is 3.00 bits per heavy atom. The van der Waals surface area contributed by atoms with E-state index in [1.165, 1.54) is 5.56 Å². The Hall–Kier alpha value is -0.930. The smallest absolute Gasteiger partial charge is 0.0299 e. The topological polar surface area (TPSA) is 50.9 Å². The van der Waals surface area contributed by atoms with Crippen LogP contribution in [0.15, 0.2) is 24.5 Å². The van der Waals surface area contributed by atoms with E-state index in [4.69, 9.17) is 5.73 Å². The normalized spacial score (nSPS) is 10.2. The monoisotopic (exact) mass is 179 g/mol. The summed E-state index contributed by atoms with van der Waals surface area (Å²) in [6.45, 7) is 2.66. The predicted octanol–water partition coefficient (Wildman–Crippen LogP) is 0.562. The van der Waals surface area contributed by atoms with Crippen molar-refractivity contribution < 1.29 is 0 Å². The van der Waals surface area contributed by atoms with Gasteiger partial charge in [0.2, 0.25) is 0 Å². The Bertz CT molecular complexity index is 211. The van der Waals surface area contributed by atoms with E-state index in [2.05, 4.69) is 16.4 Å². The summed E-state index contributed by atoms with van der Waals surface area (Å²) in [5, 5.41) is 3.26. The maximum Gasteiger partial charge on any atom is 0.0299 e. The van der Waals surface area contributed by atoms with Crippen molar-refractivity contribution in [2.75, 3.05) is 19.6 Å². The van der Waals surface area contributed by atoms with Gasteiger partial charge in [0.05, 0.1) is 0 Å². The van der Waals surface area contributed by atoms with Gasteiger partial charge >= 0.3 is 0 Å². The van der Waals surface area contributed by atoms with Crippen LogP contribution >= 0.6 is 0 Å². The van der Waals surface area contributed by atoms with E-state index in [9.17, 15) is 0 Å². The summed E-state index contributed by atoms with van der Waals surface area (Å²) in [7, 11) is 0. The number of nitrogens with two attached hydrogens (primary N) is 1. The maximum atomic E-state index is 5.35. The number of nitrogens with zero attached hydrogens (tertiary/aromatic N) is 1. The summed E-state index contributed by atoms with van der Waals surface area (Å²) >= 11 is 0. The second-order valence-corrected chi connectivity index (χ2v) is 3.00. The molecule has 0 amide bonds. The van der Waals surface area contributed by atoms with Crippen LogP contribution in [-0.2, 0) is 6.42 Å². The van der Waals surface area contributed by atoms with Crippen LogP contribution in [0.1, 0.15) is 12.0 Å². The molecular weight excluding hydrogens is 162 g/mol. The summed E-state index contributed by atoms with van der Waals surface area (Å²) in [5.41, 5.74) is 6.65. The summed E-state index contributed by atoms with van der Waals surface area (Å²) < 4.78 is 0. The molecule has 0 fully saturated rings. The number of aryl methyl sites for hydroxylation is 1. The highest BCUT2D eigenvalue weighted by molar-refractivity contribution is 5.08. The number of rotatable bonds is 6. The molecule has 1 aromatic rings. The van der Waals surface area contributed by atoms with Crippen LogP contribution in [0.2, 0.25) is 0 Å². The largest absolute Gasteiger partial charge is 0.329 e. The molecule has 0 aliphatic rings. The van der Waals surface area contributed by atoms with Crippen molar-refractivity contribution in [2.24, 2.45) is 5.73 Å². The Morgan fingerprint density at radius 2 is 2.31 bits per heavy atom. The minimum atomic E-state index is 0.715. The zero-order chi connectivity index (χ0) is 9.36. The molecule has 0 aliphatic heterocycles. The molecule has 3 heteroatoms. The van der Waals surface area contributed by atoms with E-state index in [0.29, 0.717) is 6.54 Å². The highest BCUT2D eigenvalue weighted by Gasteiger charge is 1.91. The second-order valence-electron chi connectivity index (χ2n) is 3.00. The van der Waals surface area contributed by atoms with Crippen LogP contribution in [-0.4, -0.2) is 24.6 Å². The minimum Gasteiger partial charge on any atom is -0.329 e. The fourth-order valence-electron chi connectivity index (χ4n) is 1.19. The number of aromatic nitrogens is 1. The molecule has 0 aliphatic carbocycles. The molecule has 13 heavy (non-hydrogen) atoms. The van der Waals surface area contributed by atoms with Gasteiger partial charge in [0, 0.05) is 25.5 Å². The number of pyridine rings is 1. The lowest BCUT2D eigenvalue weighted by Gasteiger charge is -2.02. The molecule has 1 heterocycles. The van der Waals surface area contributed by atoms with E-state index in [1.54, 1.807) is 6.20 Å². The van der Waals surface area contributed by atoms with E-state index >= 15 is 0 Å². The van der Waals surface area contributed by atoms with Crippen molar-refractivity contribution in [3.05, 3.63) is 30.1 Å². The van der Waals surface area contributed by atoms with Gasteiger partial charge in [-0.2, -0.15) is 0 Å². The molecule has 3 N–H and O–H groups in total. The molecule has 0 radical (unpaired) electrons. The van der Waals surface area contributed by atoms with Crippen molar-refractivity contribution >= 4 is 0 Å². The molecule has 3 nitrogen and oxygen atoms in total. The zero-order valence-corrected chi connectivity index (χ0v) is 7.87. The number of hydrogen-bond acceptors (Lipinski definition) is 3. The van der Waals surface area contributed by atoms with Crippen LogP contribution in [0, 0.1) is 0 Å². The summed E-state index contributed by atoms with van der Waals surface area (Å²) in [4.78, 5) is 4.06. The quantitative estimate of drug-likeness (QED) is 0.627. The lowest BCUT2D eigenvalue weighted by Crippen LogP contribution is -2.23. The van der Waals surface area contributed by atoms with Crippen LogP contribution in [0.5, 0.6) is 0 Å². The standard InChI is InChI=1S/C10H17N3/c11-5-8-12-6-1-3-10-4-2-7-13-9-10/h2,4,7,9,12H,1,3,5-6,8,11H2. The van der Waals surface area contributed by atoms with Crippen LogP contribution in [0.25, 0.3) is 0 Å². The molecule has 0 unspecified atom stereocenters. The number of hydrogen-bond donors (Lipinski definition) is 2. The molecule has 72 valence electrons. The van der Waals surface area contributed by atoms with Gasteiger partial charge in [-0.3, -0.25) is 4.98 Å². The highest BCUT2D eigenvalue weighted by Crippen LogP contribution is 1.98. The second kappa shape index (κ2) is 6.57. The average molecular weight is 179 g/mol. The first kappa shape index (κ1) is 10.2. The van der Waals surface area contributed by atoms with E-state index < -0.39 is 0 Å². The van der Waals surface area contributed by atoms with E-state index in [0.717, 1.165) is 25.9 Å². The third-order valence-corrected chi connectivity index (χ3v) is 1.86. The van der Waals surface area contributed by atoms with E-state index in [-0.39, 0.29) is 0 Å². The van der Waals surface area contributed by atoms with Crippen molar-refractivity contribution in [3.63, 3.8) is 0 Å². The Kier molecular flexibility index (Phi) is 5.13. The molecule has 1 aromatic heterocycles. The molecule has 0 saturated heterocycles. The Labute approximate surface area is 79.4 Å². The molecular formula is C10H17N3. The molecule has 0 aromatic carbocycles. The lowest BCUT2D eigenvalue weighted by atomic mass is 10.1. The van der Waals surface area contributed by atoms with Gasteiger partial charge in [-0.25, -0.2) is 0 Å². The van der Waals surface area contributed by atoms with Gasteiger partial charge in [0.25, 0.3) is 0 Å². The first-order chi connectivity index (χ1) is 6.43. The fourth-order valence-corrected chi connectivity index (χ4v) is 1.19. The van der Waals surface area contributed by atoms with Crippen molar-refractivity contribution in [2.45, 2.75) is 12.8 Å². The van der Waals surface area contributed by atoms with Gasteiger partial charge in [-0.15, -0.1) is 0 Å². The maximum absolute atomic E-state index is 5.35. The Morgan fingerprint density at radius 1 is 1.38 bits per heavy atom. The summed E-state index contributed by atoms with van der Waals surface area (Å²) in [5.74, 6) is 0. The molecule has 0 spiro atoms. The fraction of sp³-hybridized carbons (Fsp3) is 0.500. The number of nitrogens with one attached hydrogen (secondary N) is 1. The molecule has 0 atom stereocenters. The molecule has 0 bridgehead atoms. The van der Waals surface area contributed by atoms with Gasteiger partial charge in [-0.1, -0.05) is 6.07 Å². The Balaban J connectivity index is 2.07. The van der Waals surface area contributed by atoms with Crippen LogP contribution in [0.4, 0.5) is 0 Å². The van der Waals surface area contributed by atoms with Crippen molar-refractivity contribution in [3.8, 4) is 0 Å². The van der Waals surface area contributed by atoms with Crippen molar-refractivity contribution in [1.29, 1.82) is 0 Å². The van der Waals surface area contributed by atoms with Gasteiger partial charge in [-0.05, 0) is 31.0 Å².